The van der Waals surface area contributed by atoms with Crippen LogP contribution in [-0.4, -0.2) is 22.2 Å². The van der Waals surface area contributed by atoms with Crippen LogP contribution in [0, 0.1) is 3.57 Å². The summed E-state index contributed by atoms with van der Waals surface area (Å²) in [5.41, 5.74) is 0.654. The van der Waals surface area contributed by atoms with Crippen molar-refractivity contribution < 1.29 is 25.9 Å². The average Bonchev–Trinajstić information content (AvgIpc) is 2.83. The molecule has 2 N–H and O–H groups in total. The second-order valence-electron chi connectivity index (χ2n) is 7.11. The van der Waals surface area contributed by atoms with Gasteiger partial charge in [-0.15, -0.1) is 0 Å². The summed E-state index contributed by atoms with van der Waals surface area (Å²) in [6.07, 6.45) is 0. The molecule has 0 aliphatic heterocycles. The highest BCUT2D eigenvalue weighted by Crippen LogP contribution is 2.47. The zero-order valence-corrected chi connectivity index (χ0v) is 19.2. The first-order valence-electron chi connectivity index (χ1n) is 9.84. The summed E-state index contributed by atoms with van der Waals surface area (Å²) in [7, 11) is 0. The molecule has 7 heteroatoms. The largest absolute Gasteiger partial charge is 0.478 e. The summed E-state index contributed by atoms with van der Waals surface area (Å²) in [5, 5.41) is 20.6. The molecule has 0 spiro atoms. The summed E-state index contributed by atoms with van der Waals surface area (Å²) in [6, 6.07) is 25.1. The lowest BCUT2D eigenvalue weighted by Crippen LogP contribution is -2.13. The SMILES string of the molecule is O=C(O)c1c(-c2ccccc2)c(-c2ccccc2)c(C(=O)O)c(I(=O)=O)c1-c1ccccc1. The van der Waals surface area contributed by atoms with E-state index in [-0.39, 0.29) is 22.3 Å². The fraction of sp³-hybridized carbons (Fsp3) is 0. The van der Waals surface area contributed by atoms with Crippen LogP contribution in [0.15, 0.2) is 91.0 Å². The van der Waals surface area contributed by atoms with E-state index in [9.17, 15) is 25.9 Å². The molecule has 4 rings (SSSR count). The molecule has 164 valence electrons. The number of carboxylic acids is 2. The van der Waals surface area contributed by atoms with E-state index in [4.69, 9.17) is 0 Å². The third-order valence-electron chi connectivity index (χ3n) is 5.21. The summed E-state index contributed by atoms with van der Waals surface area (Å²) in [6.45, 7) is 0. The lowest BCUT2D eigenvalue weighted by molar-refractivity contribution is 0.0682. The first kappa shape index (κ1) is 22.3. The molecule has 0 radical (unpaired) electrons. The van der Waals surface area contributed by atoms with Crippen LogP contribution in [0.3, 0.4) is 0 Å². The number of halogens is 1. The van der Waals surface area contributed by atoms with Gasteiger partial charge in [0.25, 0.3) is 0 Å². The Hall–Kier alpha value is -3.85. The topological polar surface area (TPSA) is 109 Å². The van der Waals surface area contributed by atoms with Crippen molar-refractivity contribution >= 4 is 31.7 Å². The Bertz CT molecular complexity index is 1420. The number of aromatic carboxylic acids is 2. The second-order valence-corrected chi connectivity index (χ2v) is 9.43. The highest BCUT2D eigenvalue weighted by molar-refractivity contribution is 14.2. The maximum absolute atomic E-state index is 12.7. The van der Waals surface area contributed by atoms with Crippen molar-refractivity contribution in [2.45, 2.75) is 0 Å². The van der Waals surface area contributed by atoms with Crippen molar-refractivity contribution in [1.29, 1.82) is 0 Å². The summed E-state index contributed by atoms with van der Waals surface area (Å²) < 4.78 is 24.8. The van der Waals surface area contributed by atoms with E-state index in [1.165, 1.54) is 0 Å². The van der Waals surface area contributed by atoms with Gasteiger partial charge in [0.15, 0.2) is 0 Å². The van der Waals surface area contributed by atoms with Crippen LogP contribution < -0.4 is 0 Å². The molecule has 6 nitrogen and oxygen atoms in total. The van der Waals surface area contributed by atoms with E-state index in [1.54, 1.807) is 91.0 Å². The predicted octanol–water partition coefficient (Wildman–Crippen LogP) is 6.45. The number of carbonyl (C=O) groups is 2. The van der Waals surface area contributed by atoms with Crippen molar-refractivity contribution in [3.63, 3.8) is 0 Å². The zero-order valence-electron chi connectivity index (χ0n) is 17.1. The van der Waals surface area contributed by atoms with Crippen molar-refractivity contribution in [3.05, 3.63) is 106 Å². The minimum absolute atomic E-state index is 0.0652. The first-order valence-corrected chi connectivity index (χ1v) is 12.7. The molecule has 4 aromatic rings. The maximum Gasteiger partial charge on any atom is 0.342 e. The van der Waals surface area contributed by atoms with Gasteiger partial charge >= 0.3 is 31.7 Å². The molecular formula is C26H17IO6. The molecule has 0 heterocycles. The van der Waals surface area contributed by atoms with E-state index in [0.717, 1.165) is 0 Å². The van der Waals surface area contributed by atoms with E-state index >= 15 is 0 Å². The Morgan fingerprint density at radius 3 is 1.18 bits per heavy atom. The average molecular weight is 552 g/mol. The van der Waals surface area contributed by atoms with Gasteiger partial charge in [0.2, 0.25) is 0 Å². The standard InChI is InChI=1S/C26H17IO6/c28-25(29)22-19(16-10-4-1-5-11-16)20(17-12-6-2-7-13-17)23(26(30)31)24(27(32)33)21(22)18-14-8-3-9-15-18/h1-15H,(H,28,29)(H,30,31). The van der Waals surface area contributed by atoms with E-state index < -0.39 is 40.9 Å². The van der Waals surface area contributed by atoms with Gasteiger partial charge in [0.05, 0.1) is 11.1 Å². The normalized spacial score (nSPS) is 10.8. The quantitative estimate of drug-likeness (QED) is 0.266. The summed E-state index contributed by atoms with van der Waals surface area (Å²) in [5.74, 6) is -2.79. The molecule has 0 aliphatic rings. The van der Waals surface area contributed by atoms with E-state index in [0.29, 0.717) is 16.7 Å². The van der Waals surface area contributed by atoms with Gasteiger partial charge in [-0.2, -0.15) is 0 Å². The molecule has 0 aliphatic carbocycles. The summed E-state index contributed by atoms with van der Waals surface area (Å²) in [4.78, 5) is 25.3. The van der Waals surface area contributed by atoms with Crippen LogP contribution in [0.1, 0.15) is 20.7 Å². The second kappa shape index (κ2) is 9.33. The highest BCUT2D eigenvalue weighted by atomic mass is 127. The minimum atomic E-state index is -4.52. The predicted molar refractivity (Wildman–Crippen MR) is 131 cm³/mol. The van der Waals surface area contributed by atoms with Crippen LogP contribution in [0.2, 0.25) is 0 Å². The smallest absolute Gasteiger partial charge is 0.342 e. The molecule has 0 saturated carbocycles. The number of carboxylic acid groups (broad SMARTS) is 2. The molecule has 0 saturated heterocycles. The number of hydrogen-bond donors (Lipinski definition) is 2. The Kier molecular flexibility index (Phi) is 6.32. The molecule has 33 heavy (non-hydrogen) atoms. The molecule has 0 atom stereocenters. The van der Waals surface area contributed by atoms with E-state index in [2.05, 4.69) is 0 Å². The Labute approximate surface area is 196 Å². The molecule has 0 aromatic heterocycles. The van der Waals surface area contributed by atoms with E-state index in [1.807, 2.05) is 0 Å². The third-order valence-corrected chi connectivity index (χ3v) is 7.17. The third kappa shape index (κ3) is 4.14. The van der Waals surface area contributed by atoms with Crippen LogP contribution in [-0.2, 0) is 6.14 Å². The van der Waals surface area contributed by atoms with Crippen LogP contribution in [0.4, 0.5) is 0 Å². The van der Waals surface area contributed by atoms with Crippen LogP contribution in [0.25, 0.3) is 33.4 Å². The molecule has 0 bridgehead atoms. The Balaban J connectivity index is 2.37. The van der Waals surface area contributed by atoms with Gasteiger partial charge < -0.3 is 10.2 Å². The number of rotatable bonds is 6. The van der Waals surface area contributed by atoms with Gasteiger partial charge in [-0.1, -0.05) is 91.0 Å². The molecule has 0 fully saturated rings. The fourth-order valence-corrected chi connectivity index (χ4v) is 5.91. The minimum Gasteiger partial charge on any atom is -0.478 e. The van der Waals surface area contributed by atoms with Gasteiger partial charge in [-0.3, -0.25) is 0 Å². The lowest BCUT2D eigenvalue weighted by Gasteiger charge is -2.22. The van der Waals surface area contributed by atoms with Crippen molar-refractivity contribution in [2.75, 3.05) is 0 Å². The zero-order chi connectivity index (χ0) is 23.5. The highest BCUT2D eigenvalue weighted by Gasteiger charge is 2.34. The monoisotopic (exact) mass is 552 g/mol. The summed E-state index contributed by atoms with van der Waals surface area (Å²) >= 11 is -4.52. The molecule has 4 aromatic carbocycles. The van der Waals surface area contributed by atoms with Crippen molar-refractivity contribution in [3.8, 4) is 33.4 Å². The van der Waals surface area contributed by atoms with Gasteiger partial charge in [0, 0.05) is 16.7 Å². The first-order chi connectivity index (χ1) is 15.9. The lowest BCUT2D eigenvalue weighted by atomic mass is 9.82. The van der Waals surface area contributed by atoms with Crippen molar-refractivity contribution in [1.82, 2.24) is 0 Å². The fourth-order valence-electron chi connectivity index (χ4n) is 3.95. The van der Waals surface area contributed by atoms with Gasteiger partial charge in [-0.25, -0.2) is 15.7 Å². The molecule has 0 amide bonds. The number of hydrogen-bond acceptors (Lipinski definition) is 4. The number of benzene rings is 4. The van der Waals surface area contributed by atoms with Crippen LogP contribution >= 0.6 is 19.8 Å². The van der Waals surface area contributed by atoms with Crippen molar-refractivity contribution in [2.24, 2.45) is 0 Å². The van der Waals surface area contributed by atoms with Gasteiger partial charge in [-0.05, 0) is 16.7 Å². The Morgan fingerprint density at radius 1 is 0.515 bits per heavy atom. The molecule has 0 unspecified atom stereocenters. The van der Waals surface area contributed by atoms with Gasteiger partial charge in [0.1, 0.15) is 3.57 Å². The Morgan fingerprint density at radius 2 is 0.848 bits per heavy atom. The maximum atomic E-state index is 12.7. The van der Waals surface area contributed by atoms with Crippen LogP contribution in [0.5, 0.6) is 0 Å². The molecular weight excluding hydrogens is 535 g/mol.